The number of piperazine rings is 1. The molecule has 0 aromatic carbocycles. The molecule has 5 heteroatoms. The van der Waals surface area contributed by atoms with Crippen molar-refractivity contribution in [2.75, 3.05) is 46.3 Å². The first-order chi connectivity index (χ1) is 7.58. The van der Waals surface area contributed by atoms with Gasteiger partial charge in [0.15, 0.2) is 0 Å². The second-order valence-electron chi connectivity index (χ2n) is 4.91. The summed E-state index contributed by atoms with van der Waals surface area (Å²) in [5, 5.41) is 9.18. The Morgan fingerprint density at radius 1 is 1.25 bits per heavy atom. The van der Waals surface area contributed by atoms with Crippen molar-refractivity contribution in [3.63, 3.8) is 0 Å². The molecule has 1 N–H and O–H groups in total. The Balaban J connectivity index is 1.82. The maximum absolute atomic E-state index is 12.0. The lowest BCUT2D eigenvalue weighted by molar-refractivity contribution is -0.147. The fourth-order valence-corrected chi connectivity index (χ4v) is 2.26. The first kappa shape index (κ1) is 11.8. The van der Waals surface area contributed by atoms with Crippen LogP contribution in [0.25, 0.3) is 0 Å². The molecule has 0 bridgehead atoms. The summed E-state index contributed by atoms with van der Waals surface area (Å²) in [6.45, 7) is 6.96. The Labute approximate surface area is 96.6 Å². The average molecular weight is 227 g/mol. The molecule has 5 nitrogen and oxygen atoms in total. The molecule has 2 aliphatic rings. The summed E-state index contributed by atoms with van der Waals surface area (Å²) in [5.74, 6) is 0.162. The van der Waals surface area contributed by atoms with Crippen LogP contribution in [0.2, 0.25) is 0 Å². The van der Waals surface area contributed by atoms with Gasteiger partial charge in [0.05, 0.1) is 12.1 Å². The van der Waals surface area contributed by atoms with Gasteiger partial charge in [-0.1, -0.05) is 0 Å². The Morgan fingerprint density at radius 2 is 1.81 bits per heavy atom. The van der Waals surface area contributed by atoms with Crippen LogP contribution in [0.5, 0.6) is 0 Å². The SMILES string of the molecule is CC(C(=O)N1CC(O)C1)N1CCN(C)CC1. The van der Waals surface area contributed by atoms with E-state index in [1.807, 2.05) is 6.92 Å². The molecule has 0 saturated carbocycles. The molecular formula is C11H21N3O2. The summed E-state index contributed by atoms with van der Waals surface area (Å²) in [5.41, 5.74) is 0. The maximum Gasteiger partial charge on any atom is 0.239 e. The van der Waals surface area contributed by atoms with Crippen molar-refractivity contribution in [3.8, 4) is 0 Å². The number of carbonyl (C=O) groups is 1. The van der Waals surface area contributed by atoms with Gasteiger partial charge in [0.25, 0.3) is 0 Å². The van der Waals surface area contributed by atoms with Gasteiger partial charge < -0.3 is 14.9 Å². The van der Waals surface area contributed by atoms with Gasteiger partial charge in [0, 0.05) is 39.3 Å². The summed E-state index contributed by atoms with van der Waals surface area (Å²) < 4.78 is 0. The van der Waals surface area contributed by atoms with Gasteiger partial charge in [0.1, 0.15) is 0 Å². The zero-order chi connectivity index (χ0) is 11.7. The molecule has 2 fully saturated rings. The van der Waals surface area contributed by atoms with Crippen molar-refractivity contribution in [1.29, 1.82) is 0 Å². The van der Waals surface area contributed by atoms with Gasteiger partial charge in [0.2, 0.25) is 5.91 Å². The van der Waals surface area contributed by atoms with Crippen molar-refractivity contribution in [3.05, 3.63) is 0 Å². The highest BCUT2D eigenvalue weighted by Crippen LogP contribution is 2.13. The van der Waals surface area contributed by atoms with Crippen LogP contribution in [-0.2, 0) is 4.79 Å². The van der Waals surface area contributed by atoms with Gasteiger partial charge in [-0.3, -0.25) is 9.69 Å². The molecule has 16 heavy (non-hydrogen) atoms. The van der Waals surface area contributed by atoms with E-state index in [0.717, 1.165) is 26.2 Å². The first-order valence-electron chi connectivity index (χ1n) is 5.97. The minimum absolute atomic E-state index is 0.0406. The number of rotatable bonds is 2. The third-order valence-corrected chi connectivity index (χ3v) is 3.62. The summed E-state index contributed by atoms with van der Waals surface area (Å²) in [7, 11) is 2.11. The molecule has 0 aromatic rings. The number of amides is 1. The number of β-amino-alcohol motifs (C(OH)–C–C–N with tert-alkyl or cyclic N) is 1. The highest BCUT2D eigenvalue weighted by molar-refractivity contribution is 5.82. The Morgan fingerprint density at radius 3 is 2.31 bits per heavy atom. The molecule has 92 valence electrons. The van der Waals surface area contributed by atoms with Crippen molar-refractivity contribution >= 4 is 5.91 Å². The van der Waals surface area contributed by atoms with Crippen LogP contribution >= 0.6 is 0 Å². The van der Waals surface area contributed by atoms with Crippen LogP contribution in [-0.4, -0.2) is 84.2 Å². The van der Waals surface area contributed by atoms with Crippen molar-refractivity contribution in [2.24, 2.45) is 0 Å². The molecular weight excluding hydrogens is 206 g/mol. The second-order valence-corrected chi connectivity index (χ2v) is 4.91. The van der Waals surface area contributed by atoms with E-state index in [1.165, 1.54) is 0 Å². The number of hydrogen-bond acceptors (Lipinski definition) is 4. The number of carbonyl (C=O) groups excluding carboxylic acids is 1. The van der Waals surface area contributed by atoms with Gasteiger partial charge in [-0.15, -0.1) is 0 Å². The number of likely N-dealkylation sites (N-methyl/N-ethyl adjacent to an activating group) is 1. The van der Waals surface area contributed by atoms with Crippen LogP contribution in [0.3, 0.4) is 0 Å². The molecule has 2 rings (SSSR count). The molecule has 2 saturated heterocycles. The van der Waals surface area contributed by atoms with Crippen LogP contribution in [0.1, 0.15) is 6.92 Å². The van der Waals surface area contributed by atoms with E-state index < -0.39 is 0 Å². The quantitative estimate of drug-likeness (QED) is 0.645. The standard InChI is InChI=1S/C11H21N3O2/c1-9(11(16)14-7-10(15)8-14)13-5-3-12(2)4-6-13/h9-10,15H,3-8H2,1-2H3. The van der Waals surface area contributed by atoms with E-state index in [9.17, 15) is 9.90 Å². The van der Waals surface area contributed by atoms with Gasteiger partial charge in [-0.25, -0.2) is 0 Å². The van der Waals surface area contributed by atoms with Crippen LogP contribution in [0.4, 0.5) is 0 Å². The monoisotopic (exact) mass is 227 g/mol. The topological polar surface area (TPSA) is 47.0 Å². The zero-order valence-corrected chi connectivity index (χ0v) is 10.1. The maximum atomic E-state index is 12.0. The Hall–Kier alpha value is -0.650. The lowest BCUT2D eigenvalue weighted by Crippen LogP contribution is -2.60. The van der Waals surface area contributed by atoms with Crippen molar-refractivity contribution in [2.45, 2.75) is 19.1 Å². The fraction of sp³-hybridized carbons (Fsp3) is 0.909. The number of nitrogens with zero attached hydrogens (tertiary/aromatic N) is 3. The van der Waals surface area contributed by atoms with E-state index in [-0.39, 0.29) is 18.1 Å². The molecule has 1 unspecified atom stereocenters. The molecule has 0 aliphatic carbocycles. The van der Waals surface area contributed by atoms with E-state index in [0.29, 0.717) is 13.1 Å². The molecule has 0 spiro atoms. The number of hydrogen-bond donors (Lipinski definition) is 1. The second kappa shape index (κ2) is 4.69. The third-order valence-electron chi connectivity index (χ3n) is 3.62. The van der Waals surface area contributed by atoms with Crippen LogP contribution in [0.15, 0.2) is 0 Å². The van der Waals surface area contributed by atoms with E-state index in [1.54, 1.807) is 4.90 Å². The lowest BCUT2D eigenvalue weighted by atomic mass is 10.1. The van der Waals surface area contributed by atoms with E-state index in [2.05, 4.69) is 16.8 Å². The summed E-state index contributed by atoms with van der Waals surface area (Å²) >= 11 is 0. The smallest absolute Gasteiger partial charge is 0.239 e. The molecule has 1 amide bonds. The Bertz CT molecular complexity index is 258. The number of aliphatic hydroxyl groups excluding tert-OH is 1. The average Bonchev–Trinajstić information content (AvgIpc) is 2.24. The van der Waals surface area contributed by atoms with Gasteiger partial charge in [-0.2, -0.15) is 0 Å². The third kappa shape index (κ3) is 2.36. The Kier molecular flexibility index (Phi) is 3.47. The zero-order valence-electron chi connectivity index (χ0n) is 10.1. The number of aliphatic hydroxyl groups is 1. The normalized spacial score (nSPS) is 26.6. The minimum atomic E-state index is -0.302. The van der Waals surface area contributed by atoms with Gasteiger partial charge >= 0.3 is 0 Å². The summed E-state index contributed by atoms with van der Waals surface area (Å²) in [4.78, 5) is 18.3. The van der Waals surface area contributed by atoms with E-state index in [4.69, 9.17) is 0 Å². The fourth-order valence-electron chi connectivity index (χ4n) is 2.26. The lowest BCUT2D eigenvalue weighted by Gasteiger charge is -2.41. The van der Waals surface area contributed by atoms with Crippen LogP contribution in [0, 0.1) is 0 Å². The molecule has 1 atom stereocenters. The van der Waals surface area contributed by atoms with E-state index >= 15 is 0 Å². The summed E-state index contributed by atoms with van der Waals surface area (Å²) in [6, 6.07) is -0.0406. The molecule has 2 heterocycles. The highest BCUT2D eigenvalue weighted by atomic mass is 16.3. The molecule has 0 radical (unpaired) electrons. The molecule has 2 aliphatic heterocycles. The van der Waals surface area contributed by atoms with Crippen molar-refractivity contribution in [1.82, 2.24) is 14.7 Å². The highest BCUT2D eigenvalue weighted by Gasteiger charge is 2.34. The predicted octanol–water partition coefficient (Wildman–Crippen LogP) is -1.17. The van der Waals surface area contributed by atoms with Gasteiger partial charge in [-0.05, 0) is 14.0 Å². The predicted molar refractivity (Wildman–Crippen MR) is 61.1 cm³/mol. The first-order valence-corrected chi connectivity index (χ1v) is 5.97. The summed E-state index contributed by atoms with van der Waals surface area (Å²) in [6.07, 6.45) is -0.302. The van der Waals surface area contributed by atoms with Crippen molar-refractivity contribution < 1.29 is 9.90 Å². The largest absolute Gasteiger partial charge is 0.389 e. The number of likely N-dealkylation sites (tertiary alicyclic amines) is 1. The van der Waals surface area contributed by atoms with Crippen LogP contribution < -0.4 is 0 Å². The minimum Gasteiger partial charge on any atom is -0.389 e. The molecule has 0 aromatic heterocycles.